The second-order valence-electron chi connectivity index (χ2n) is 3.97. The van der Waals surface area contributed by atoms with E-state index in [1.165, 1.54) is 0 Å². The monoisotopic (exact) mass is 248 g/mol. The third kappa shape index (κ3) is 1.94. The summed E-state index contributed by atoms with van der Waals surface area (Å²) in [5.41, 5.74) is 1.80. The van der Waals surface area contributed by atoms with E-state index >= 15 is 0 Å². The van der Waals surface area contributed by atoms with Crippen molar-refractivity contribution in [2.75, 3.05) is 6.61 Å². The zero-order valence-electron chi connectivity index (χ0n) is 11.0. The van der Waals surface area contributed by atoms with E-state index in [9.17, 15) is 4.79 Å². The molecule has 0 aliphatic rings. The summed E-state index contributed by atoms with van der Waals surface area (Å²) < 4.78 is 6.63. The topological polar surface area (TPSA) is 69.4 Å². The summed E-state index contributed by atoms with van der Waals surface area (Å²) in [5.74, 6) is 0.872. The van der Waals surface area contributed by atoms with E-state index in [0.29, 0.717) is 35.2 Å². The van der Waals surface area contributed by atoms with Gasteiger partial charge in [-0.05, 0) is 20.8 Å². The third-order valence-corrected chi connectivity index (χ3v) is 2.74. The number of hydrogen-bond donors (Lipinski definition) is 0. The summed E-state index contributed by atoms with van der Waals surface area (Å²) >= 11 is 0. The second-order valence-corrected chi connectivity index (χ2v) is 3.97. The van der Waals surface area contributed by atoms with Gasteiger partial charge in [0.2, 0.25) is 0 Å². The highest BCUT2D eigenvalue weighted by Gasteiger charge is 2.19. The Bertz CT molecular complexity index is 604. The Balaban J connectivity index is 2.63. The van der Waals surface area contributed by atoms with E-state index < -0.39 is 0 Å². The molecule has 2 heterocycles. The zero-order chi connectivity index (χ0) is 13.3. The maximum absolute atomic E-state index is 11.9. The molecule has 0 N–H and O–H groups in total. The number of hydrogen-bond acceptors (Lipinski definition) is 5. The van der Waals surface area contributed by atoms with Crippen molar-refractivity contribution in [3.05, 3.63) is 22.8 Å². The largest absolute Gasteiger partial charge is 0.462 e. The molecule has 0 atom stereocenters. The van der Waals surface area contributed by atoms with Crippen molar-refractivity contribution < 1.29 is 9.53 Å². The quantitative estimate of drug-likeness (QED) is 0.769. The molecule has 0 saturated heterocycles. The first-order chi connectivity index (χ1) is 8.58. The predicted octanol–water partition coefficient (Wildman–Crippen LogP) is 1.48. The first kappa shape index (κ1) is 12.5. The standard InChI is InChI=1S/C12H16N4O2/c1-5-9-14-12-13-7(3)10(11(17)18-6-2)8(4)16(12)15-9/h5-6H2,1-4H3. The van der Waals surface area contributed by atoms with Crippen LogP contribution in [0.3, 0.4) is 0 Å². The van der Waals surface area contributed by atoms with Gasteiger partial charge in [0.1, 0.15) is 5.56 Å². The SMILES string of the molecule is CCOC(=O)c1c(C)nc2nc(CC)nn2c1C. The molecule has 6 heteroatoms. The molecule has 6 nitrogen and oxygen atoms in total. The molecule has 2 rings (SSSR count). The second kappa shape index (κ2) is 4.72. The number of aromatic nitrogens is 4. The summed E-state index contributed by atoms with van der Waals surface area (Å²) in [7, 11) is 0. The summed E-state index contributed by atoms with van der Waals surface area (Å²) in [5, 5.41) is 4.31. The lowest BCUT2D eigenvalue weighted by atomic mass is 10.2. The highest BCUT2D eigenvalue weighted by atomic mass is 16.5. The van der Waals surface area contributed by atoms with Gasteiger partial charge in [0.25, 0.3) is 5.78 Å². The van der Waals surface area contributed by atoms with Crippen LogP contribution in [0.5, 0.6) is 0 Å². The molecule has 0 unspecified atom stereocenters. The molecule has 0 aliphatic carbocycles. The fraction of sp³-hybridized carbons (Fsp3) is 0.500. The lowest BCUT2D eigenvalue weighted by Gasteiger charge is -2.08. The van der Waals surface area contributed by atoms with Crippen LogP contribution in [0.2, 0.25) is 0 Å². The highest BCUT2D eigenvalue weighted by Crippen LogP contribution is 2.15. The minimum atomic E-state index is -0.365. The van der Waals surface area contributed by atoms with Crippen molar-refractivity contribution in [3.8, 4) is 0 Å². The van der Waals surface area contributed by atoms with Crippen LogP contribution in [-0.4, -0.2) is 32.2 Å². The zero-order valence-corrected chi connectivity index (χ0v) is 11.0. The number of carbonyl (C=O) groups is 1. The molecule has 0 aliphatic heterocycles. The number of esters is 1. The lowest BCUT2D eigenvalue weighted by molar-refractivity contribution is 0.0523. The fourth-order valence-electron chi connectivity index (χ4n) is 1.86. The van der Waals surface area contributed by atoms with Crippen LogP contribution in [0.1, 0.15) is 41.4 Å². The average molecular weight is 248 g/mol. The van der Waals surface area contributed by atoms with E-state index in [0.717, 1.165) is 6.42 Å². The molecule has 0 amide bonds. The van der Waals surface area contributed by atoms with Crippen molar-refractivity contribution in [2.45, 2.75) is 34.1 Å². The molecule has 18 heavy (non-hydrogen) atoms. The van der Waals surface area contributed by atoms with Crippen molar-refractivity contribution in [1.82, 2.24) is 19.6 Å². The normalized spacial score (nSPS) is 10.9. The van der Waals surface area contributed by atoms with Crippen LogP contribution >= 0.6 is 0 Å². The van der Waals surface area contributed by atoms with Gasteiger partial charge < -0.3 is 4.74 Å². The maximum atomic E-state index is 11.9. The summed E-state index contributed by atoms with van der Waals surface area (Å²) in [6.45, 7) is 7.69. The Hall–Kier alpha value is -1.98. The van der Waals surface area contributed by atoms with Gasteiger partial charge >= 0.3 is 5.97 Å². The highest BCUT2D eigenvalue weighted by molar-refractivity contribution is 5.91. The Kier molecular flexibility index (Phi) is 3.27. The number of aryl methyl sites for hydroxylation is 3. The van der Waals surface area contributed by atoms with Gasteiger partial charge in [0.15, 0.2) is 5.82 Å². The summed E-state index contributed by atoms with van der Waals surface area (Å²) in [6.07, 6.45) is 0.733. The Morgan fingerprint density at radius 3 is 2.61 bits per heavy atom. The van der Waals surface area contributed by atoms with E-state index in [2.05, 4.69) is 15.1 Å². The Morgan fingerprint density at radius 1 is 1.28 bits per heavy atom. The van der Waals surface area contributed by atoms with Gasteiger partial charge in [-0.15, -0.1) is 5.10 Å². The van der Waals surface area contributed by atoms with Gasteiger partial charge in [0.05, 0.1) is 18.0 Å². The molecule has 96 valence electrons. The van der Waals surface area contributed by atoms with Gasteiger partial charge in [-0.2, -0.15) is 4.98 Å². The van der Waals surface area contributed by atoms with Gasteiger partial charge in [-0.25, -0.2) is 14.3 Å². The van der Waals surface area contributed by atoms with Crippen molar-refractivity contribution in [3.63, 3.8) is 0 Å². The van der Waals surface area contributed by atoms with Crippen molar-refractivity contribution >= 4 is 11.7 Å². The number of nitrogens with zero attached hydrogens (tertiary/aromatic N) is 4. The fourth-order valence-corrected chi connectivity index (χ4v) is 1.86. The Morgan fingerprint density at radius 2 is 2.00 bits per heavy atom. The van der Waals surface area contributed by atoms with E-state index in [1.54, 1.807) is 18.4 Å². The number of rotatable bonds is 3. The molecule has 0 radical (unpaired) electrons. The third-order valence-electron chi connectivity index (χ3n) is 2.74. The van der Waals surface area contributed by atoms with Gasteiger partial charge in [-0.3, -0.25) is 0 Å². The number of fused-ring (bicyclic) bond motifs is 1. The van der Waals surface area contributed by atoms with Gasteiger partial charge in [0, 0.05) is 6.42 Å². The van der Waals surface area contributed by atoms with Crippen molar-refractivity contribution in [2.24, 2.45) is 0 Å². The summed E-state index contributed by atoms with van der Waals surface area (Å²) in [4.78, 5) is 20.5. The average Bonchev–Trinajstić information content (AvgIpc) is 2.72. The molecule has 2 aromatic rings. The van der Waals surface area contributed by atoms with Crippen LogP contribution in [0, 0.1) is 13.8 Å². The molecule has 0 bridgehead atoms. The van der Waals surface area contributed by atoms with Crippen LogP contribution in [-0.2, 0) is 11.2 Å². The summed E-state index contributed by atoms with van der Waals surface area (Å²) in [6, 6.07) is 0. The lowest BCUT2D eigenvalue weighted by Crippen LogP contribution is -2.14. The number of carbonyl (C=O) groups excluding carboxylic acids is 1. The molecular weight excluding hydrogens is 232 g/mol. The van der Waals surface area contributed by atoms with Gasteiger partial charge in [-0.1, -0.05) is 6.92 Å². The molecular formula is C12H16N4O2. The maximum Gasteiger partial charge on any atom is 0.341 e. The van der Waals surface area contributed by atoms with Crippen LogP contribution < -0.4 is 0 Å². The smallest absolute Gasteiger partial charge is 0.341 e. The van der Waals surface area contributed by atoms with E-state index in [-0.39, 0.29) is 5.97 Å². The Labute approximate surface area is 105 Å². The molecule has 0 aromatic carbocycles. The minimum Gasteiger partial charge on any atom is -0.462 e. The van der Waals surface area contributed by atoms with Crippen LogP contribution in [0.15, 0.2) is 0 Å². The van der Waals surface area contributed by atoms with E-state index in [1.807, 2.05) is 13.8 Å². The van der Waals surface area contributed by atoms with Crippen LogP contribution in [0.4, 0.5) is 0 Å². The molecule has 0 saturated carbocycles. The molecule has 0 fully saturated rings. The minimum absolute atomic E-state index is 0.341. The van der Waals surface area contributed by atoms with E-state index in [4.69, 9.17) is 4.74 Å². The first-order valence-electron chi connectivity index (χ1n) is 5.98. The molecule has 2 aromatic heterocycles. The predicted molar refractivity (Wildman–Crippen MR) is 65.6 cm³/mol. The van der Waals surface area contributed by atoms with Crippen LogP contribution in [0.25, 0.3) is 5.78 Å². The first-order valence-corrected chi connectivity index (χ1v) is 5.98. The number of ether oxygens (including phenoxy) is 1. The molecule has 0 spiro atoms. The van der Waals surface area contributed by atoms with Crippen molar-refractivity contribution in [1.29, 1.82) is 0 Å².